The number of hydrogen-bond donors (Lipinski definition) is 1. The Kier molecular flexibility index (Phi) is 5.23. The second-order valence-corrected chi connectivity index (χ2v) is 5.39. The van der Waals surface area contributed by atoms with Gasteiger partial charge in [0.1, 0.15) is 11.9 Å². The molecule has 2 aromatic rings. The lowest BCUT2D eigenvalue weighted by Gasteiger charge is -2.19. The normalized spacial score (nSPS) is 12.0. The number of anilines is 1. The molecular formula is C18H24N2O. The molecule has 0 fully saturated rings. The third-order valence-electron chi connectivity index (χ3n) is 3.57. The Morgan fingerprint density at radius 2 is 1.71 bits per heavy atom. The van der Waals surface area contributed by atoms with Gasteiger partial charge in [0.2, 0.25) is 0 Å². The van der Waals surface area contributed by atoms with Crippen LogP contribution in [0.4, 0.5) is 5.69 Å². The van der Waals surface area contributed by atoms with E-state index >= 15 is 0 Å². The summed E-state index contributed by atoms with van der Waals surface area (Å²) >= 11 is 0. The third-order valence-corrected chi connectivity index (χ3v) is 3.57. The van der Waals surface area contributed by atoms with E-state index < -0.39 is 0 Å². The van der Waals surface area contributed by atoms with E-state index in [1.165, 1.54) is 11.3 Å². The lowest BCUT2D eigenvalue weighted by atomic mass is 10.1. The molecule has 0 aliphatic carbocycles. The van der Waals surface area contributed by atoms with Crippen molar-refractivity contribution in [1.82, 2.24) is 0 Å². The number of benzene rings is 2. The standard InChI is InChI=1S/C18H24N2O/c1-14(15-8-10-17(11-9-15)20(2)3)21-18-7-5-4-6-16(18)12-13-19/h4-11,14H,12-13,19H2,1-3H3. The van der Waals surface area contributed by atoms with Gasteiger partial charge in [-0.3, -0.25) is 0 Å². The van der Waals surface area contributed by atoms with E-state index in [1.54, 1.807) is 0 Å². The van der Waals surface area contributed by atoms with Crippen molar-refractivity contribution in [2.75, 3.05) is 25.5 Å². The highest BCUT2D eigenvalue weighted by Crippen LogP contribution is 2.26. The minimum absolute atomic E-state index is 0.0140. The average Bonchev–Trinajstić information content (AvgIpc) is 2.49. The lowest BCUT2D eigenvalue weighted by Crippen LogP contribution is -2.10. The van der Waals surface area contributed by atoms with Crippen molar-refractivity contribution >= 4 is 5.69 Å². The molecule has 2 aromatic carbocycles. The van der Waals surface area contributed by atoms with Crippen molar-refractivity contribution in [3.05, 3.63) is 59.7 Å². The second kappa shape index (κ2) is 7.14. The van der Waals surface area contributed by atoms with Crippen LogP contribution >= 0.6 is 0 Å². The first-order chi connectivity index (χ1) is 10.1. The summed E-state index contributed by atoms with van der Waals surface area (Å²) in [7, 11) is 4.08. The molecule has 2 N–H and O–H groups in total. The van der Waals surface area contributed by atoms with Crippen molar-refractivity contribution < 1.29 is 4.74 Å². The van der Waals surface area contributed by atoms with Crippen LogP contribution in [0.1, 0.15) is 24.2 Å². The van der Waals surface area contributed by atoms with E-state index in [9.17, 15) is 0 Å². The van der Waals surface area contributed by atoms with Crippen LogP contribution in [0.25, 0.3) is 0 Å². The van der Waals surface area contributed by atoms with Crippen LogP contribution in [-0.2, 0) is 6.42 Å². The molecule has 0 radical (unpaired) electrons. The zero-order chi connectivity index (χ0) is 15.2. The van der Waals surface area contributed by atoms with Gasteiger partial charge in [-0.25, -0.2) is 0 Å². The summed E-state index contributed by atoms with van der Waals surface area (Å²) < 4.78 is 6.12. The van der Waals surface area contributed by atoms with Crippen molar-refractivity contribution in [1.29, 1.82) is 0 Å². The molecule has 0 spiro atoms. The van der Waals surface area contributed by atoms with Crippen molar-refractivity contribution in [2.24, 2.45) is 5.73 Å². The molecule has 0 heterocycles. The Bertz CT molecular complexity index is 564. The van der Waals surface area contributed by atoms with Crippen molar-refractivity contribution in [2.45, 2.75) is 19.4 Å². The highest BCUT2D eigenvalue weighted by Gasteiger charge is 2.10. The Labute approximate surface area is 127 Å². The Morgan fingerprint density at radius 1 is 1.05 bits per heavy atom. The smallest absolute Gasteiger partial charge is 0.123 e. The fraction of sp³-hybridized carbons (Fsp3) is 0.333. The van der Waals surface area contributed by atoms with Crippen LogP contribution < -0.4 is 15.4 Å². The molecular weight excluding hydrogens is 260 g/mol. The highest BCUT2D eigenvalue weighted by molar-refractivity contribution is 5.46. The monoisotopic (exact) mass is 284 g/mol. The minimum Gasteiger partial charge on any atom is -0.486 e. The predicted octanol–water partition coefficient (Wildman–Crippen LogP) is 3.39. The SMILES string of the molecule is CC(Oc1ccccc1CCN)c1ccc(N(C)C)cc1. The van der Waals surface area contributed by atoms with Gasteiger partial charge in [-0.05, 0) is 49.2 Å². The van der Waals surface area contributed by atoms with E-state index in [2.05, 4.69) is 42.2 Å². The van der Waals surface area contributed by atoms with Gasteiger partial charge in [-0.1, -0.05) is 30.3 Å². The number of ether oxygens (including phenoxy) is 1. The van der Waals surface area contributed by atoms with Gasteiger partial charge < -0.3 is 15.4 Å². The molecule has 3 nitrogen and oxygen atoms in total. The third kappa shape index (κ3) is 3.99. The first kappa shape index (κ1) is 15.4. The molecule has 1 unspecified atom stereocenters. The first-order valence-electron chi connectivity index (χ1n) is 7.33. The largest absolute Gasteiger partial charge is 0.486 e. The first-order valence-corrected chi connectivity index (χ1v) is 7.33. The number of hydrogen-bond acceptors (Lipinski definition) is 3. The van der Waals surface area contributed by atoms with Crippen molar-refractivity contribution in [3.63, 3.8) is 0 Å². The van der Waals surface area contributed by atoms with Crippen LogP contribution in [-0.4, -0.2) is 20.6 Å². The van der Waals surface area contributed by atoms with Crippen molar-refractivity contribution in [3.8, 4) is 5.75 Å². The van der Waals surface area contributed by atoms with Gasteiger partial charge in [0.25, 0.3) is 0 Å². The molecule has 1 atom stereocenters. The van der Waals surface area contributed by atoms with Gasteiger partial charge in [-0.15, -0.1) is 0 Å². The van der Waals surface area contributed by atoms with Crippen LogP contribution in [0.3, 0.4) is 0 Å². The van der Waals surface area contributed by atoms with E-state index in [4.69, 9.17) is 10.5 Å². The van der Waals surface area contributed by atoms with Gasteiger partial charge in [0, 0.05) is 19.8 Å². The van der Waals surface area contributed by atoms with E-state index in [1.807, 2.05) is 32.3 Å². The molecule has 0 aromatic heterocycles. The molecule has 0 bridgehead atoms. The van der Waals surface area contributed by atoms with E-state index in [0.717, 1.165) is 17.7 Å². The van der Waals surface area contributed by atoms with Gasteiger partial charge in [0.05, 0.1) is 0 Å². The Balaban J connectivity index is 2.12. The zero-order valence-corrected chi connectivity index (χ0v) is 13.0. The molecule has 0 saturated carbocycles. The highest BCUT2D eigenvalue weighted by atomic mass is 16.5. The molecule has 0 aliphatic heterocycles. The summed E-state index contributed by atoms with van der Waals surface area (Å²) in [5, 5.41) is 0. The summed E-state index contributed by atoms with van der Waals surface area (Å²) in [6.45, 7) is 2.70. The summed E-state index contributed by atoms with van der Waals surface area (Å²) in [5.41, 5.74) is 9.18. The van der Waals surface area contributed by atoms with Crippen LogP contribution in [0.2, 0.25) is 0 Å². The summed E-state index contributed by atoms with van der Waals surface area (Å²) in [4.78, 5) is 2.09. The topological polar surface area (TPSA) is 38.5 Å². The maximum absolute atomic E-state index is 6.12. The predicted molar refractivity (Wildman–Crippen MR) is 89.0 cm³/mol. The van der Waals surface area contributed by atoms with Crippen LogP contribution in [0.15, 0.2) is 48.5 Å². The average molecular weight is 284 g/mol. The summed E-state index contributed by atoms with van der Waals surface area (Å²) in [5.74, 6) is 0.923. The molecule has 112 valence electrons. The fourth-order valence-corrected chi connectivity index (χ4v) is 2.28. The van der Waals surface area contributed by atoms with Crippen LogP contribution in [0, 0.1) is 0 Å². The van der Waals surface area contributed by atoms with Gasteiger partial charge in [-0.2, -0.15) is 0 Å². The molecule has 3 heteroatoms. The lowest BCUT2D eigenvalue weighted by molar-refractivity contribution is 0.224. The summed E-state index contributed by atoms with van der Waals surface area (Å²) in [6, 6.07) is 16.6. The maximum atomic E-state index is 6.12. The maximum Gasteiger partial charge on any atom is 0.123 e. The summed E-state index contributed by atoms with van der Waals surface area (Å²) in [6.07, 6.45) is 0.850. The number of nitrogens with zero attached hydrogens (tertiary/aromatic N) is 1. The Hall–Kier alpha value is -2.00. The van der Waals surface area contributed by atoms with Crippen LogP contribution in [0.5, 0.6) is 5.75 Å². The molecule has 2 rings (SSSR count). The molecule has 0 amide bonds. The number of para-hydroxylation sites is 1. The number of nitrogens with two attached hydrogens (primary N) is 1. The fourth-order valence-electron chi connectivity index (χ4n) is 2.28. The van der Waals surface area contributed by atoms with E-state index in [-0.39, 0.29) is 6.10 Å². The van der Waals surface area contributed by atoms with Gasteiger partial charge >= 0.3 is 0 Å². The minimum atomic E-state index is 0.0140. The second-order valence-electron chi connectivity index (χ2n) is 5.39. The zero-order valence-electron chi connectivity index (χ0n) is 13.0. The molecule has 0 saturated heterocycles. The van der Waals surface area contributed by atoms with E-state index in [0.29, 0.717) is 6.54 Å². The Morgan fingerprint density at radius 3 is 2.33 bits per heavy atom. The number of rotatable bonds is 6. The molecule has 0 aliphatic rings. The quantitative estimate of drug-likeness (QED) is 0.883. The molecule has 21 heavy (non-hydrogen) atoms. The van der Waals surface area contributed by atoms with Gasteiger partial charge in [0.15, 0.2) is 0 Å².